The van der Waals surface area contributed by atoms with Gasteiger partial charge in [-0.25, -0.2) is 4.39 Å². The zero-order valence-corrected chi connectivity index (χ0v) is 17.6. The lowest BCUT2D eigenvalue weighted by Gasteiger charge is -2.36. The molecule has 0 aliphatic carbocycles. The molecule has 31 heavy (non-hydrogen) atoms. The van der Waals surface area contributed by atoms with Crippen LogP contribution in [0.4, 0.5) is 4.39 Å². The van der Waals surface area contributed by atoms with Crippen LogP contribution in [0.25, 0.3) is 6.08 Å². The second kappa shape index (κ2) is 10.5. The maximum absolute atomic E-state index is 14.4. The number of amides is 1. The minimum absolute atomic E-state index is 0.0252. The van der Waals surface area contributed by atoms with Crippen molar-refractivity contribution in [3.05, 3.63) is 60.2 Å². The molecule has 7 heteroatoms. The summed E-state index contributed by atoms with van der Waals surface area (Å²) >= 11 is 0. The molecule has 1 amide bonds. The molecule has 0 spiro atoms. The largest absolute Gasteiger partial charge is 0.453 e. The van der Waals surface area contributed by atoms with Crippen LogP contribution < -0.4 is 4.74 Å². The number of likely N-dealkylation sites (tertiary alicyclic amines) is 1. The highest BCUT2D eigenvalue weighted by molar-refractivity contribution is 5.91. The molecule has 2 fully saturated rings. The number of ether oxygens (including phenoxy) is 2. The molecule has 2 saturated heterocycles. The van der Waals surface area contributed by atoms with E-state index in [-0.39, 0.29) is 11.7 Å². The Morgan fingerprint density at radius 1 is 1.26 bits per heavy atom. The minimum atomic E-state index is -0.484. The molecule has 0 bridgehead atoms. The first kappa shape index (κ1) is 21.5. The van der Waals surface area contributed by atoms with Gasteiger partial charge in [0.1, 0.15) is 5.75 Å². The fourth-order valence-corrected chi connectivity index (χ4v) is 4.07. The third kappa shape index (κ3) is 6.12. The Morgan fingerprint density at radius 3 is 2.90 bits per heavy atom. The van der Waals surface area contributed by atoms with E-state index in [0.717, 1.165) is 58.8 Å². The SMILES string of the molecule is O=C(C=Cc1ccc(Oc2cccnc2)c(F)c1)N1CCCC(CN2CCOCC2)C1. The van der Waals surface area contributed by atoms with E-state index < -0.39 is 5.82 Å². The number of nitrogens with zero attached hydrogens (tertiary/aromatic N) is 3. The predicted octanol–water partition coefficient (Wildman–Crippen LogP) is 3.60. The second-order valence-corrected chi connectivity index (χ2v) is 8.02. The van der Waals surface area contributed by atoms with E-state index in [9.17, 15) is 9.18 Å². The lowest BCUT2D eigenvalue weighted by Crippen LogP contribution is -2.45. The van der Waals surface area contributed by atoms with Crippen molar-refractivity contribution < 1.29 is 18.7 Å². The molecule has 1 atom stereocenters. The summed E-state index contributed by atoms with van der Waals surface area (Å²) in [6.45, 7) is 6.08. The van der Waals surface area contributed by atoms with E-state index in [1.54, 1.807) is 36.5 Å². The number of benzene rings is 1. The number of hydrogen-bond acceptors (Lipinski definition) is 5. The quantitative estimate of drug-likeness (QED) is 0.662. The topological polar surface area (TPSA) is 54.9 Å². The van der Waals surface area contributed by atoms with E-state index in [1.807, 2.05) is 4.90 Å². The van der Waals surface area contributed by atoms with Crippen LogP contribution in [0.15, 0.2) is 48.8 Å². The van der Waals surface area contributed by atoms with E-state index in [1.165, 1.54) is 18.3 Å². The van der Waals surface area contributed by atoms with E-state index in [4.69, 9.17) is 9.47 Å². The van der Waals surface area contributed by atoms with Gasteiger partial charge >= 0.3 is 0 Å². The fraction of sp³-hybridized carbons (Fsp3) is 0.417. The number of carbonyl (C=O) groups excluding carboxylic acids is 1. The van der Waals surface area contributed by atoms with Gasteiger partial charge in [-0.1, -0.05) is 6.07 Å². The molecule has 2 aromatic rings. The van der Waals surface area contributed by atoms with Crippen LogP contribution in [0.1, 0.15) is 18.4 Å². The molecule has 3 heterocycles. The molecule has 2 aliphatic rings. The maximum Gasteiger partial charge on any atom is 0.246 e. The number of piperidine rings is 1. The lowest BCUT2D eigenvalue weighted by atomic mass is 9.97. The third-order valence-electron chi connectivity index (χ3n) is 5.69. The normalized spacial score (nSPS) is 20.2. The fourth-order valence-electron chi connectivity index (χ4n) is 4.07. The summed E-state index contributed by atoms with van der Waals surface area (Å²) in [5, 5.41) is 0. The van der Waals surface area contributed by atoms with Crippen molar-refractivity contribution >= 4 is 12.0 Å². The molecule has 0 saturated carbocycles. The van der Waals surface area contributed by atoms with E-state index >= 15 is 0 Å². The number of rotatable bonds is 6. The van der Waals surface area contributed by atoms with Gasteiger partial charge in [-0.2, -0.15) is 0 Å². The molecule has 6 nitrogen and oxygen atoms in total. The van der Waals surface area contributed by atoms with Gasteiger partial charge in [0.15, 0.2) is 11.6 Å². The van der Waals surface area contributed by atoms with Crippen molar-refractivity contribution in [1.82, 2.24) is 14.8 Å². The van der Waals surface area contributed by atoms with E-state index in [0.29, 0.717) is 17.2 Å². The molecule has 2 aliphatic heterocycles. The van der Waals surface area contributed by atoms with Crippen molar-refractivity contribution in [2.45, 2.75) is 12.8 Å². The van der Waals surface area contributed by atoms with Gasteiger partial charge < -0.3 is 14.4 Å². The molecule has 164 valence electrons. The zero-order valence-electron chi connectivity index (χ0n) is 17.6. The average molecular weight is 426 g/mol. The lowest BCUT2D eigenvalue weighted by molar-refractivity contribution is -0.127. The highest BCUT2D eigenvalue weighted by Crippen LogP contribution is 2.25. The molecule has 4 rings (SSSR count). The standard InChI is InChI=1S/C24H28FN3O3/c25-22-15-19(5-7-23(22)31-21-4-1-9-26-16-21)6-8-24(29)28-10-2-3-20(18-28)17-27-11-13-30-14-12-27/h1,4-9,15-16,20H,2-3,10-14,17-18H2. The Bertz CT molecular complexity index is 900. The molecular formula is C24H28FN3O3. The summed E-state index contributed by atoms with van der Waals surface area (Å²) in [4.78, 5) is 21.0. The summed E-state index contributed by atoms with van der Waals surface area (Å²) in [5.74, 6) is 0.574. The van der Waals surface area contributed by atoms with Gasteiger partial charge in [0.2, 0.25) is 5.91 Å². The van der Waals surface area contributed by atoms with Crippen molar-refractivity contribution in [2.75, 3.05) is 45.9 Å². The summed E-state index contributed by atoms with van der Waals surface area (Å²) in [5.41, 5.74) is 0.617. The van der Waals surface area contributed by atoms with Gasteiger partial charge in [-0.05, 0) is 54.7 Å². The average Bonchev–Trinajstić information content (AvgIpc) is 2.81. The van der Waals surface area contributed by atoms with Crippen LogP contribution in [-0.2, 0) is 9.53 Å². The van der Waals surface area contributed by atoms with Crippen LogP contribution >= 0.6 is 0 Å². The highest BCUT2D eigenvalue weighted by atomic mass is 19.1. The first-order valence-electron chi connectivity index (χ1n) is 10.8. The summed E-state index contributed by atoms with van der Waals surface area (Å²) in [6, 6.07) is 8.10. The molecule has 1 unspecified atom stereocenters. The summed E-state index contributed by atoms with van der Waals surface area (Å²) in [7, 11) is 0. The van der Waals surface area contributed by atoms with Gasteiger partial charge in [-0.3, -0.25) is 14.7 Å². The minimum Gasteiger partial charge on any atom is -0.453 e. The number of aromatic nitrogens is 1. The van der Waals surface area contributed by atoms with Crippen LogP contribution in [-0.4, -0.2) is 66.6 Å². The van der Waals surface area contributed by atoms with Crippen LogP contribution in [0.2, 0.25) is 0 Å². The monoisotopic (exact) mass is 425 g/mol. The van der Waals surface area contributed by atoms with Crippen molar-refractivity contribution in [1.29, 1.82) is 0 Å². The molecule has 0 N–H and O–H groups in total. The van der Waals surface area contributed by atoms with Gasteiger partial charge in [0.05, 0.1) is 19.4 Å². The first-order valence-corrected chi connectivity index (χ1v) is 10.8. The molecule has 1 aromatic carbocycles. The Balaban J connectivity index is 1.32. The van der Waals surface area contributed by atoms with Crippen molar-refractivity contribution in [3.8, 4) is 11.5 Å². The summed E-state index contributed by atoms with van der Waals surface area (Å²) in [6.07, 6.45) is 8.51. The Hall–Kier alpha value is -2.77. The van der Waals surface area contributed by atoms with Crippen LogP contribution in [0.3, 0.4) is 0 Å². The molecule has 0 radical (unpaired) electrons. The van der Waals surface area contributed by atoms with Crippen LogP contribution in [0.5, 0.6) is 11.5 Å². The second-order valence-electron chi connectivity index (χ2n) is 8.02. The maximum atomic E-state index is 14.4. The Morgan fingerprint density at radius 2 is 2.13 bits per heavy atom. The smallest absolute Gasteiger partial charge is 0.246 e. The predicted molar refractivity (Wildman–Crippen MR) is 116 cm³/mol. The first-order chi connectivity index (χ1) is 15.2. The van der Waals surface area contributed by atoms with Crippen molar-refractivity contribution in [2.24, 2.45) is 5.92 Å². The highest BCUT2D eigenvalue weighted by Gasteiger charge is 2.24. The molecular weight excluding hydrogens is 397 g/mol. The van der Waals surface area contributed by atoms with Crippen molar-refractivity contribution in [3.63, 3.8) is 0 Å². The summed E-state index contributed by atoms with van der Waals surface area (Å²) < 4.78 is 25.3. The Kier molecular flexibility index (Phi) is 7.27. The number of halogens is 1. The zero-order chi connectivity index (χ0) is 21.5. The van der Waals surface area contributed by atoms with Gasteiger partial charge in [-0.15, -0.1) is 0 Å². The van der Waals surface area contributed by atoms with Gasteiger partial charge in [0, 0.05) is 45.0 Å². The van der Waals surface area contributed by atoms with E-state index in [2.05, 4.69) is 9.88 Å². The number of morpholine rings is 1. The molecule has 1 aromatic heterocycles. The number of pyridine rings is 1. The third-order valence-corrected chi connectivity index (χ3v) is 5.69. The number of carbonyl (C=O) groups is 1. The Labute approximate surface area is 182 Å². The van der Waals surface area contributed by atoms with Gasteiger partial charge in [0.25, 0.3) is 0 Å². The number of hydrogen-bond donors (Lipinski definition) is 0. The van der Waals surface area contributed by atoms with Crippen LogP contribution in [0, 0.1) is 11.7 Å².